The minimum atomic E-state index is -1.22. The molecule has 1 saturated heterocycles. The van der Waals surface area contributed by atoms with Gasteiger partial charge in [-0.05, 0) is 25.7 Å². The van der Waals surface area contributed by atoms with E-state index in [0.717, 1.165) is 6.42 Å². The van der Waals surface area contributed by atoms with Crippen molar-refractivity contribution in [2.45, 2.75) is 45.2 Å². The fourth-order valence-electron chi connectivity index (χ4n) is 2.17. The van der Waals surface area contributed by atoms with Crippen LogP contribution in [0.25, 0.3) is 0 Å². The van der Waals surface area contributed by atoms with Gasteiger partial charge >= 0.3 is 5.97 Å². The molecular formula is C13H25N3O3. The number of amides is 1. The number of aliphatic carboxylic acids is 1. The van der Waals surface area contributed by atoms with Gasteiger partial charge in [-0.3, -0.25) is 14.5 Å². The molecule has 2 unspecified atom stereocenters. The molecule has 0 bridgehead atoms. The van der Waals surface area contributed by atoms with E-state index in [9.17, 15) is 9.59 Å². The minimum absolute atomic E-state index is 0.0599. The second-order valence-corrected chi connectivity index (χ2v) is 5.83. The maximum absolute atomic E-state index is 12.0. The molecule has 110 valence electrons. The fourth-order valence-corrected chi connectivity index (χ4v) is 2.17. The van der Waals surface area contributed by atoms with Crippen molar-refractivity contribution >= 4 is 11.9 Å². The molecule has 0 aromatic carbocycles. The number of carbonyl (C=O) groups is 2. The molecule has 6 nitrogen and oxygen atoms in total. The van der Waals surface area contributed by atoms with Gasteiger partial charge in [0.1, 0.15) is 5.54 Å². The molecule has 6 heteroatoms. The fraction of sp³-hybridized carbons (Fsp3) is 0.846. The topological polar surface area (TPSA) is 95.7 Å². The molecular weight excluding hydrogens is 246 g/mol. The van der Waals surface area contributed by atoms with Crippen LogP contribution in [0.1, 0.15) is 33.6 Å². The standard InChI is InChI=1S/C13H25N3O3/c1-9(2)4-6-15-11(17)10(3)16-7-5-13(14,8-16)12(18)19/h9-10H,4-8,14H2,1-3H3,(H,15,17)(H,18,19). The summed E-state index contributed by atoms with van der Waals surface area (Å²) in [4.78, 5) is 24.8. The molecule has 1 heterocycles. The Morgan fingerprint density at radius 3 is 2.53 bits per heavy atom. The summed E-state index contributed by atoms with van der Waals surface area (Å²) in [6.45, 7) is 7.42. The molecule has 0 radical (unpaired) electrons. The maximum atomic E-state index is 12.0. The summed E-state index contributed by atoms with van der Waals surface area (Å²) >= 11 is 0. The number of rotatable bonds is 6. The van der Waals surface area contributed by atoms with E-state index in [1.165, 1.54) is 0 Å². The number of carboxylic acid groups (broad SMARTS) is 1. The van der Waals surface area contributed by atoms with Gasteiger partial charge in [-0.1, -0.05) is 13.8 Å². The van der Waals surface area contributed by atoms with Crippen molar-refractivity contribution in [2.24, 2.45) is 11.7 Å². The Morgan fingerprint density at radius 2 is 2.05 bits per heavy atom. The molecule has 0 saturated carbocycles. The van der Waals surface area contributed by atoms with Crippen LogP contribution < -0.4 is 11.1 Å². The van der Waals surface area contributed by atoms with Crippen LogP contribution in [0.4, 0.5) is 0 Å². The van der Waals surface area contributed by atoms with Crippen molar-refractivity contribution in [3.8, 4) is 0 Å². The van der Waals surface area contributed by atoms with E-state index >= 15 is 0 Å². The van der Waals surface area contributed by atoms with E-state index in [2.05, 4.69) is 19.2 Å². The lowest BCUT2D eigenvalue weighted by Crippen LogP contribution is -2.52. The predicted molar refractivity (Wildman–Crippen MR) is 72.7 cm³/mol. The number of carbonyl (C=O) groups excluding carboxylic acids is 1. The number of nitrogens with two attached hydrogens (primary N) is 1. The Hall–Kier alpha value is -1.14. The molecule has 0 spiro atoms. The first-order valence-electron chi connectivity index (χ1n) is 6.80. The van der Waals surface area contributed by atoms with Crippen LogP contribution in [0, 0.1) is 5.92 Å². The largest absolute Gasteiger partial charge is 0.480 e. The lowest BCUT2D eigenvalue weighted by molar-refractivity contribution is -0.143. The highest BCUT2D eigenvalue weighted by atomic mass is 16.4. The lowest BCUT2D eigenvalue weighted by atomic mass is 10.0. The van der Waals surface area contributed by atoms with Gasteiger partial charge in [-0.25, -0.2) is 0 Å². The van der Waals surface area contributed by atoms with Gasteiger partial charge in [0.15, 0.2) is 0 Å². The molecule has 1 fully saturated rings. The van der Waals surface area contributed by atoms with E-state index in [0.29, 0.717) is 25.4 Å². The van der Waals surface area contributed by atoms with Gasteiger partial charge in [0.05, 0.1) is 6.04 Å². The number of carboxylic acids is 1. The molecule has 4 N–H and O–H groups in total. The van der Waals surface area contributed by atoms with Gasteiger partial charge in [0.2, 0.25) is 5.91 Å². The Labute approximate surface area is 114 Å². The Kier molecular flexibility index (Phi) is 5.31. The lowest BCUT2D eigenvalue weighted by Gasteiger charge is -2.25. The molecule has 1 amide bonds. The third kappa shape index (κ3) is 4.18. The van der Waals surface area contributed by atoms with Crippen molar-refractivity contribution < 1.29 is 14.7 Å². The van der Waals surface area contributed by atoms with Crippen LogP contribution in [0.5, 0.6) is 0 Å². The number of hydrogen-bond acceptors (Lipinski definition) is 4. The summed E-state index contributed by atoms with van der Waals surface area (Å²) < 4.78 is 0. The number of nitrogens with zero attached hydrogens (tertiary/aromatic N) is 1. The smallest absolute Gasteiger partial charge is 0.325 e. The molecule has 19 heavy (non-hydrogen) atoms. The van der Waals surface area contributed by atoms with Crippen LogP contribution in [0.2, 0.25) is 0 Å². The first kappa shape index (κ1) is 15.9. The third-order valence-corrected chi connectivity index (χ3v) is 3.70. The average molecular weight is 271 g/mol. The SMILES string of the molecule is CC(C)CCNC(=O)C(C)N1CCC(N)(C(=O)O)C1. The second-order valence-electron chi connectivity index (χ2n) is 5.83. The molecule has 1 aliphatic rings. The Balaban J connectivity index is 2.44. The molecule has 1 rings (SSSR count). The molecule has 2 atom stereocenters. The van der Waals surface area contributed by atoms with Crippen LogP contribution in [-0.2, 0) is 9.59 Å². The van der Waals surface area contributed by atoms with E-state index in [4.69, 9.17) is 10.8 Å². The number of hydrogen-bond donors (Lipinski definition) is 3. The summed E-state index contributed by atoms with van der Waals surface area (Å²) in [5, 5.41) is 11.9. The highest BCUT2D eigenvalue weighted by Gasteiger charge is 2.43. The van der Waals surface area contributed by atoms with E-state index in [1.54, 1.807) is 6.92 Å². The van der Waals surface area contributed by atoms with Gasteiger partial charge in [-0.15, -0.1) is 0 Å². The minimum Gasteiger partial charge on any atom is -0.480 e. The second kappa shape index (κ2) is 6.34. The van der Waals surface area contributed by atoms with Crippen molar-refractivity contribution in [3.05, 3.63) is 0 Å². The number of likely N-dealkylation sites (tertiary alicyclic amines) is 1. The zero-order valence-corrected chi connectivity index (χ0v) is 12.0. The van der Waals surface area contributed by atoms with Crippen molar-refractivity contribution in [1.82, 2.24) is 10.2 Å². The zero-order valence-electron chi connectivity index (χ0n) is 12.0. The van der Waals surface area contributed by atoms with Crippen LogP contribution in [0.3, 0.4) is 0 Å². The first-order valence-corrected chi connectivity index (χ1v) is 6.80. The zero-order chi connectivity index (χ0) is 14.6. The Morgan fingerprint density at radius 1 is 1.42 bits per heavy atom. The normalized spacial score (nSPS) is 25.5. The predicted octanol–water partition coefficient (Wildman–Crippen LogP) is 0.0250. The average Bonchev–Trinajstić information content (AvgIpc) is 2.71. The monoisotopic (exact) mass is 271 g/mol. The van der Waals surface area contributed by atoms with Gasteiger partial charge in [0.25, 0.3) is 0 Å². The molecule has 0 aromatic heterocycles. The van der Waals surface area contributed by atoms with Gasteiger partial charge in [-0.2, -0.15) is 0 Å². The molecule has 0 aromatic rings. The summed E-state index contributed by atoms with van der Waals surface area (Å²) in [6.07, 6.45) is 1.32. The maximum Gasteiger partial charge on any atom is 0.325 e. The van der Waals surface area contributed by atoms with E-state index < -0.39 is 11.5 Å². The quantitative estimate of drug-likeness (QED) is 0.633. The third-order valence-electron chi connectivity index (χ3n) is 3.70. The summed E-state index contributed by atoms with van der Waals surface area (Å²) in [6, 6.07) is -0.336. The summed E-state index contributed by atoms with van der Waals surface area (Å²) in [7, 11) is 0. The summed E-state index contributed by atoms with van der Waals surface area (Å²) in [5.74, 6) is -0.510. The van der Waals surface area contributed by atoms with Gasteiger partial charge in [0, 0.05) is 19.6 Å². The van der Waals surface area contributed by atoms with Crippen molar-refractivity contribution in [1.29, 1.82) is 0 Å². The van der Waals surface area contributed by atoms with E-state index in [-0.39, 0.29) is 18.5 Å². The first-order chi connectivity index (χ1) is 8.76. The Bertz CT molecular complexity index is 346. The van der Waals surface area contributed by atoms with E-state index in [1.807, 2.05) is 4.90 Å². The van der Waals surface area contributed by atoms with Gasteiger partial charge < -0.3 is 16.2 Å². The van der Waals surface area contributed by atoms with Crippen LogP contribution in [-0.4, -0.2) is 53.1 Å². The van der Waals surface area contributed by atoms with Crippen LogP contribution >= 0.6 is 0 Å². The molecule has 1 aliphatic heterocycles. The van der Waals surface area contributed by atoms with Crippen molar-refractivity contribution in [3.63, 3.8) is 0 Å². The van der Waals surface area contributed by atoms with Crippen LogP contribution in [0.15, 0.2) is 0 Å². The highest BCUT2D eigenvalue weighted by molar-refractivity contribution is 5.82. The number of nitrogens with one attached hydrogen (secondary N) is 1. The highest BCUT2D eigenvalue weighted by Crippen LogP contribution is 2.21. The molecule has 0 aliphatic carbocycles. The van der Waals surface area contributed by atoms with Crippen molar-refractivity contribution in [2.75, 3.05) is 19.6 Å². The summed E-state index contributed by atoms with van der Waals surface area (Å²) in [5.41, 5.74) is 4.58.